The van der Waals surface area contributed by atoms with Gasteiger partial charge in [0.1, 0.15) is 10.6 Å². The summed E-state index contributed by atoms with van der Waals surface area (Å²) in [5.74, 6) is -0.712. The first kappa shape index (κ1) is 18.3. The molecule has 0 aliphatic heterocycles. The summed E-state index contributed by atoms with van der Waals surface area (Å²) in [7, 11) is -3.86. The molecule has 1 aromatic heterocycles. The lowest BCUT2D eigenvalue weighted by Crippen LogP contribution is -2.04. The van der Waals surface area contributed by atoms with Gasteiger partial charge >= 0.3 is 5.97 Å². The molecule has 2 aromatic rings. The summed E-state index contributed by atoms with van der Waals surface area (Å²) in [4.78, 5) is 12.1. The molecule has 5 nitrogen and oxygen atoms in total. The van der Waals surface area contributed by atoms with E-state index >= 15 is 0 Å². The Morgan fingerprint density at radius 1 is 1.35 bits per heavy atom. The fourth-order valence-corrected chi connectivity index (χ4v) is 6.41. The van der Waals surface area contributed by atoms with Gasteiger partial charge in [-0.25, -0.2) is 13.2 Å². The van der Waals surface area contributed by atoms with Crippen LogP contribution in [-0.4, -0.2) is 32.4 Å². The fraction of sp³-hybridized carbons (Fsp3) is 0.214. The number of aromatic hydroxyl groups is 1. The first-order valence-electron chi connectivity index (χ1n) is 6.39. The molecule has 0 saturated carbocycles. The quantitative estimate of drug-likeness (QED) is 0.564. The fourth-order valence-electron chi connectivity index (χ4n) is 1.82. The molecule has 0 fully saturated rings. The number of phenolic OH excluding ortho intramolecular Hbond substituents is 1. The third kappa shape index (κ3) is 3.90. The van der Waals surface area contributed by atoms with Gasteiger partial charge in [0.25, 0.3) is 0 Å². The zero-order valence-corrected chi connectivity index (χ0v) is 16.2. The Labute approximate surface area is 150 Å². The smallest absolute Gasteiger partial charge is 0.348 e. The molecule has 23 heavy (non-hydrogen) atoms. The average molecular weight is 437 g/mol. The van der Waals surface area contributed by atoms with Crippen LogP contribution in [0, 0.1) is 0 Å². The second-order valence-electron chi connectivity index (χ2n) is 4.34. The summed E-state index contributed by atoms with van der Waals surface area (Å²) in [6.07, 6.45) is 1.73. The molecule has 2 rings (SSSR count). The predicted octanol–water partition coefficient (Wildman–Crippen LogP) is 3.95. The van der Waals surface area contributed by atoms with Gasteiger partial charge < -0.3 is 9.84 Å². The monoisotopic (exact) mass is 436 g/mol. The molecule has 0 unspecified atom stereocenters. The predicted molar refractivity (Wildman–Crippen MR) is 93.3 cm³/mol. The number of halogens is 1. The first-order valence-corrected chi connectivity index (χ1v) is 10.7. The number of sulfone groups is 1. The van der Waals surface area contributed by atoms with E-state index in [-0.39, 0.29) is 27.0 Å². The molecule has 0 radical (unpaired) electrons. The van der Waals surface area contributed by atoms with Crippen molar-refractivity contribution in [3.63, 3.8) is 0 Å². The van der Waals surface area contributed by atoms with E-state index in [1.807, 2.05) is 0 Å². The summed E-state index contributed by atoms with van der Waals surface area (Å²) in [5.41, 5.74) is 0. The van der Waals surface area contributed by atoms with Crippen molar-refractivity contribution in [3.05, 3.63) is 33.6 Å². The highest BCUT2D eigenvalue weighted by atomic mass is 79.9. The van der Waals surface area contributed by atoms with Crippen LogP contribution in [0.5, 0.6) is 5.75 Å². The van der Waals surface area contributed by atoms with Crippen LogP contribution in [0.2, 0.25) is 0 Å². The number of thiophene rings is 1. The first-order chi connectivity index (χ1) is 10.8. The van der Waals surface area contributed by atoms with E-state index in [4.69, 9.17) is 4.74 Å². The Morgan fingerprint density at radius 3 is 2.61 bits per heavy atom. The van der Waals surface area contributed by atoms with Crippen molar-refractivity contribution in [3.8, 4) is 5.75 Å². The number of carbonyl (C=O) groups is 1. The van der Waals surface area contributed by atoms with Gasteiger partial charge in [-0.3, -0.25) is 0 Å². The van der Waals surface area contributed by atoms with Crippen LogP contribution in [0.4, 0.5) is 0 Å². The van der Waals surface area contributed by atoms with Crippen LogP contribution in [0.25, 0.3) is 0 Å². The van der Waals surface area contributed by atoms with Crippen molar-refractivity contribution in [2.75, 3.05) is 12.9 Å². The molecule has 1 N–H and O–H groups in total. The minimum absolute atomic E-state index is 0.0375. The maximum absolute atomic E-state index is 12.8. The zero-order chi connectivity index (χ0) is 17.2. The normalized spacial score (nSPS) is 11.4. The lowest BCUT2D eigenvalue weighted by atomic mass is 10.3. The third-order valence-corrected chi connectivity index (χ3v) is 7.51. The SMILES string of the molecule is CCOC(=O)c1cc(S(=O)(=O)c2cc(O)cc(Br)c2)c(SC)s1. The lowest BCUT2D eigenvalue weighted by molar-refractivity contribution is 0.0532. The van der Waals surface area contributed by atoms with Crippen LogP contribution in [0.15, 0.2) is 42.7 Å². The van der Waals surface area contributed by atoms with E-state index in [1.165, 1.54) is 36.0 Å². The Balaban J connectivity index is 2.57. The number of rotatable bonds is 5. The molecule has 0 bridgehead atoms. The van der Waals surface area contributed by atoms with Gasteiger partial charge in [-0.05, 0) is 37.4 Å². The van der Waals surface area contributed by atoms with E-state index in [0.717, 1.165) is 11.3 Å². The molecule has 0 saturated heterocycles. The van der Waals surface area contributed by atoms with Gasteiger partial charge in [-0.1, -0.05) is 15.9 Å². The van der Waals surface area contributed by atoms with E-state index in [9.17, 15) is 18.3 Å². The van der Waals surface area contributed by atoms with Gasteiger partial charge in [-0.2, -0.15) is 0 Å². The topological polar surface area (TPSA) is 80.7 Å². The van der Waals surface area contributed by atoms with Crippen LogP contribution in [0.1, 0.15) is 16.6 Å². The third-order valence-electron chi connectivity index (χ3n) is 2.78. The highest BCUT2D eigenvalue weighted by molar-refractivity contribution is 9.10. The molecule has 0 spiro atoms. The second-order valence-corrected chi connectivity index (χ2v) is 9.30. The zero-order valence-electron chi connectivity index (χ0n) is 12.2. The molecular weight excluding hydrogens is 424 g/mol. The van der Waals surface area contributed by atoms with Gasteiger partial charge in [-0.15, -0.1) is 23.1 Å². The standard InChI is InChI=1S/C14H13BrO5S3/c1-3-20-13(17)11-7-12(14(21-2)22-11)23(18,19)10-5-8(15)4-9(16)6-10/h4-7,16H,3H2,1-2H3. The van der Waals surface area contributed by atoms with E-state index < -0.39 is 15.8 Å². The molecule has 0 amide bonds. The van der Waals surface area contributed by atoms with Crippen LogP contribution < -0.4 is 0 Å². The van der Waals surface area contributed by atoms with Crippen molar-refractivity contribution in [1.29, 1.82) is 0 Å². The average Bonchev–Trinajstić information content (AvgIpc) is 2.91. The lowest BCUT2D eigenvalue weighted by Gasteiger charge is -2.06. The Bertz CT molecular complexity index is 822. The van der Waals surface area contributed by atoms with E-state index in [0.29, 0.717) is 8.68 Å². The molecule has 1 heterocycles. The number of esters is 1. The maximum atomic E-state index is 12.8. The van der Waals surface area contributed by atoms with Crippen molar-refractivity contribution in [1.82, 2.24) is 0 Å². The van der Waals surface area contributed by atoms with Gasteiger partial charge in [0.2, 0.25) is 9.84 Å². The van der Waals surface area contributed by atoms with Crippen LogP contribution >= 0.6 is 39.0 Å². The molecule has 0 atom stereocenters. The summed E-state index contributed by atoms with van der Waals surface area (Å²) in [5, 5.41) is 9.62. The molecule has 9 heteroatoms. The van der Waals surface area contributed by atoms with E-state index in [1.54, 1.807) is 13.2 Å². The molecule has 0 aliphatic carbocycles. The van der Waals surface area contributed by atoms with Crippen LogP contribution in [0.3, 0.4) is 0 Å². The van der Waals surface area contributed by atoms with Crippen LogP contribution in [-0.2, 0) is 14.6 Å². The minimum atomic E-state index is -3.86. The molecule has 124 valence electrons. The minimum Gasteiger partial charge on any atom is -0.508 e. The number of hydrogen-bond acceptors (Lipinski definition) is 7. The number of benzene rings is 1. The van der Waals surface area contributed by atoms with Crippen molar-refractivity contribution in [2.24, 2.45) is 0 Å². The highest BCUT2D eigenvalue weighted by Crippen LogP contribution is 2.38. The molecule has 0 aliphatic rings. The van der Waals surface area contributed by atoms with Gasteiger partial charge in [0, 0.05) is 4.47 Å². The Morgan fingerprint density at radius 2 is 2.04 bits per heavy atom. The van der Waals surface area contributed by atoms with Gasteiger partial charge in [0.15, 0.2) is 0 Å². The summed E-state index contributed by atoms with van der Waals surface area (Å²) >= 11 is 5.47. The van der Waals surface area contributed by atoms with E-state index in [2.05, 4.69) is 15.9 Å². The number of carbonyl (C=O) groups excluding carboxylic acids is 1. The summed E-state index contributed by atoms with van der Waals surface area (Å²) in [6, 6.07) is 5.29. The molecule has 1 aromatic carbocycles. The largest absolute Gasteiger partial charge is 0.508 e. The Kier molecular flexibility index (Phi) is 5.77. The maximum Gasteiger partial charge on any atom is 0.348 e. The second kappa shape index (κ2) is 7.25. The molecular formula is C14H13BrO5S3. The van der Waals surface area contributed by atoms with Crippen molar-refractivity contribution < 1.29 is 23.1 Å². The van der Waals surface area contributed by atoms with Crippen molar-refractivity contribution in [2.45, 2.75) is 20.9 Å². The van der Waals surface area contributed by atoms with Crippen molar-refractivity contribution >= 4 is 54.8 Å². The number of hydrogen-bond donors (Lipinski definition) is 1. The van der Waals surface area contributed by atoms with Gasteiger partial charge in [0.05, 0.1) is 20.6 Å². The summed E-state index contributed by atoms with van der Waals surface area (Å²) in [6.45, 7) is 1.90. The highest BCUT2D eigenvalue weighted by Gasteiger charge is 2.27. The number of ether oxygens (including phenoxy) is 1. The summed E-state index contributed by atoms with van der Waals surface area (Å²) < 4.78 is 31.5. The number of phenols is 1. The number of thioether (sulfide) groups is 1. The Hall–Kier alpha value is -1.03.